The van der Waals surface area contributed by atoms with Gasteiger partial charge in [0.05, 0.1) is 26.4 Å². The molecular formula is C14H9BrClFN2. The minimum atomic E-state index is -0.518. The van der Waals surface area contributed by atoms with Gasteiger partial charge >= 0.3 is 0 Å². The van der Waals surface area contributed by atoms with Crippen LogP contribution in [-0.2, 0) is 0 Å². The lowest BCUT2D eigenvalue weighted by molar-refractivity contribution is 0.624. The Morgan fingerprint density at radius 2 is 1.95 bits per heavy atom. The van der Waals surface area contributed by atoms with Crippen molar-refractivity contribution in [3.63, 3.8) is 0 Å². The highest BCUT2D eigenvalue weighted by atomic mass is 79.9. The van der Waals surface area contributed by atoms with Gasteiger partial charge in [0.2, 0.25) is 0 Å². The maximum Gasteiger partial charge on any atom is 0.162 e. The maximum absolute atomic E-state index is 14.0. The number of rotatable bonds is 2. The maximum atomic E-state index is 14.0. The fourth-order valence-electron chi connectivity index (χ4n) is 1.60. The van der Waals surface area contributed by atoms with Crippen LogP contribution in [0.1, 0.15) is 11.1 Å². The van der Waals surface area contributed by atoms with Gasteiger partial charge < -0.3 is 5.32 Å². The van der Waals surface area contributed by atoms with Gasteiger partial charge in [-0.1, -0.05) is 17.7 Å². The third-order valence-electron chi connectivity index (χ3n) is 2.60. The minimum absolute atomic E-state index is 0.142. The molecule has 5 heteroatoms. The molecule has 0 heterocycles. The molecule has 19 heavy (non-hydrogen) atoms. The first kappa shape index (κ1) is 13.9. The fourth-order valence-corrected chi connectivity index (χ4v) is 2.32. The van der Waals surface area contributed by atoms with E-state index in [9.17, 15) is 4.39 Å². The molecule has 0 aliphatic rings. The predicted octanol–water partition coefficient (Wildman–Crippen LogP) is 5.17. The Morgan fingerprint density at radius 3 is 2.58 bits per heavy atom. The van der Waals surface area contributed by atoms with Crippen LogP contribution in [0, 0.1) is 24.1 Å². The van der Waals surface area contributed by atoms with Gasteiger partial charge in [0.25, 0.3) is 0 Å². The molecule has 0 aliphatic heterocycles. The van der Waals surface area contributed by atoms with Crippen LogP contribution in [0.15, 0.2) is 34.8 Å². The summed E-state index contributed by atoms with van der Waals surface area (Å²) in [6.45, 7) is 1.93. The molecule has 2 nitrogen and oxygen atoms in total. The van der Waals surface area contributed by atoms with Crippen molar-refractivity contribution in [2.75, 3.05) is 5.32 Å². The fraction of sp³-hybridized carbons (Fsp3) is 0.0714. The predicted molar refractivity (Wildman–Crippen MR) is 78.3 cm³/mol. The summed E-state index contributed by atoms with van der Waals surface area (Å²) in [5.74, 6) is -0.518. The molecule has 0 unspecified atom stereocenters. The highest BCUT2D eigenvalue weighted by molar-refractivity contribution is 9.10. The Hall–Kier alpha value is -1.57. The van der Waals surface area contributed by atoms with E-state index in [0.717, 1.165) is 5.56 Å². The molecule has 0 saturated carbocycles. The molecule has 0 amide bonds. The standard InChI is InChI=1S/C14H9BrClFN2/c1-8-2-4-11(10(16)6-8)19-12-5-3-9(7-18)13(15)14(12)17/h2-6,19H,1H3. The van der Waals surface area contributed by atoms with E-state index in [1.54, 1.807) is 12.1 Å². The van der Waals surface area contributed by atoms with Gasteiger partial charge in [-0.25, -0.2) is 4.39 Å². The zero-order chi connectivity index (χ0) is 14.0. The molecular weight excluding hydrogens is 331 g/mol. The molecule has 0 bridgehead atoms. The molecule has 1 N–H and O–H groups in total. The second-order valence-electron chi connectivity index (χ2n) is 4.01. The number of nitriles is 1. The van der Waals surface area contributed by atoms with Crippen LogP contribution in [-0.4, -0.2) is 0 Å². The van der Waals surface area contributed by atoms with Crippen molar-refractivity contribution < 1.29 is 4.39 Å². The van der Waals surface area contributed by atoms with E-state index < -0.39 is 5.82 Å². The van der Waals surface area contributed by atoms with Crippen molar-refractivity contribution in [1.82, 2.24) is 0 Å². The third kappa shape index (κ3) is 2.89. The molecule has 0 aromatic heterocycles. The van der Waals surface area contributed by atoms with Gasteiger partial charge in [-0.3, -0.25) is 0 Å². The molecule has 0 fully saturated rings. The van der Waals surface area contributed by atoms with Crippen LogP contribution in [0.25, 0.3) is 0 Å². The average molecular weight is 340 g/mol. The number of hydrogen-bond donors (Lipinski definition) is 1. The molecule has 2 aromatic rings. The van der Waals surface area contributed by atoms with Crippen molar-refractivity contribution in [2.24, 2.45) is 0 Å². The largest absolute Gasteiger partial charge is 0.352 e. The van der Waals surface area contributed by atoms with E-state index in [1.165, 1.54) is 12.1 Å². The normalized spacial score (nSPS) is 10.1. The van der Waals surface area contributed by atoms with E-state index >= 15 is 0 Å². The zero-order valence-electron chi connectivity index (χ0n) is 9.97. The summed E-state index contributed by atoms with van der Waals surface area (Å²) in [5, 5.41) is 12.2. The molecule has 96 valence electrons. The highest BCUT2D eigenvalue weighted by Gasteiger charge is 2.12. The Morgan fingerprint density at radius 1 is 1.26 bits per heavy atom. The van der Waals surface area contributed by atoms with Gasteiger partial charge in [-0.05, 0) is 52.7 Å². The summed E-state index contributed by atoms with van der Waals surface area (Å²) in [7, 11) is 0. The van der Waals surface area contributed by atoms with Gasteiger partial charge in [0.15, 0.2) is 5.82 Å². The number of benzene rings is 2. The van der Waals surface area contributed by atoms with Crippen LogP contribution in [0.4, 0.5) is 15.8 Å². The van der Waals surface area contributed by atoms with Crippen molar-refractivity contribution >= 4 is 38.9 Å². The summed E-state index contributed by atoms with van der Waals surface area (Å²) in [5.41, 5.74) is 2.15. The van der Waals surface area contributed by atoms with Crippen LogP contribution >= 0.6 is 27.5 Å². The molecule has 0 atom stereocenters. The first-order valence-electron chi connectivity index (χ1n) is 5.44. The molecule has 2 aromatic carbocycles. The van der Waals surface area contributed by atoms with Crippen molar-refractivity contribution in [2.45, 2.75) is 6.92 Å². The quantitative estimate of drug-likeness (QED) is 0.819. The van der Waals surface area contributed by atoms with E-state index in [0.29, 0.717) is 10.7 Å². The Kier molecular flexibility index (Phi) is 4.08. The van der Waals surface area contributed by atoms with E-state index in [2.05, 4.69) is 21.2 Å². The Bertz CT molecular complexity index is 680. The first-order valence-corrected chi connectivity index (χ1v) is 6.61. The summed E-state index contributed by atoms with van der Waals surface area (Å²) >= 11 is 9.15. The van der Waals surface area contributed by atoms with Crippen LogP contribution in [0.3, 0.4) is 0 Å². The van der Waals surface area contributed by atoms with E-state index in [-0.39, 0.29) is 15.7 Å². The van der Waals surface area contributed by atoms with Gasteiger partial charge in [-0.2, -0.15) is 5.26 Å². The highest BCUT2D eigenvalue weighted by Crippen LogP contribution is 2.31. The number of nitrogens with one attached hydrogen (secondary N) is 1. The topological polar surface area (TPSA) is 35.8 Å². The van der Waals surface area contributed by atoms with Crippen molar-refractivity contribution in [3.8, 4) is 6.07 Å². The van der Waals surface area contributed by atoms with Crippen LogP contribution in [0.5, 0.6) is 0 Å². The summed E-state index contributed by atoms with van der Waals surface area (Å²) < 4.78 is 14.2. The zero-order valence-corrected chi connectivity index (χ0v) is 12.3. The number of anilines is 2. The second-order valence-corrected chi connectivity index (χ2v) is 5.21. The Balaban J connectivity index is 2.39. The number of aryl methyl sites for hydroxylation is 1. The summed E-state index contributed by atoms with van der Waals surface area (Å²) in [6, 6.07) is 10.4. The average Bonchev–Trinajstić information content (AvgIpc) is 2.38. The van der Waals surface area contributed by atoms with E-state index in [1.807, 2.05) is 19.1 Å². The first-order chi connectivity index (χ1) is 9.02. The van der Waals surface area contributed by atoms with Crippen molar-refractivity contribution in [3.05, 3.63) is 56.8 Å². The number of halogens is 3. The molecule has 0 aliphatic carbocycles. The van der Waals surface area contributed by atoms with Crippen molar-refractivity contribution in [1.29, 1.82) is 5.26 Å². The number of hydrogen-bond acceptors (Lipinski definition) is 2. The lowest BCUT2D eigenvalue weighted by Crippen LogP contribution is -1.97. The lowest BCUT2D eigenvalue weighted by Gasteiger charge is -2.11. The second kappa shape index (κ2) is 5.60. The third-order valence-corrected chi connectivity index (χ3v) is 3.68. The minimum Gasteiger partial charge on any atom is -0.352 e. The SMILES string of the molecule is Cc1ccc(Nc2ccc(C#N)c(Br)c2F)c(Cl)c1. The molecule has 0 spiro atoms. The van der Waals surface area contributed by atoms with E-state index in [4.69, 9.17) is 16.9 Å². The Labute approximate surface area is 123 Å². The van der Waals surface area contributed by atoms with Gasteiger partial charge in [0.1, 0.15) is 6.07 Å². The van der Waals surface area contributed by atoms with Gasteiger partial charge in [-0.15, -0.1) is 0 Å². The smallest absolute Gasteiger partial charge is 0.162 e. The molecule has 0 saturated heterocycles. The number of nitrogens with zero attached hydrogens (tertiary/aromatic N) is 1. The summed E-state index contributed by atoms with van der Waals surface area (Å²) in [6.07, 6.45) is 0. The van der Waals surface area contributed by atoms with Crippen LogP contribution < -0.4 is 5.32 Å². The monoisotopic (exact) mass is 338 g/mol. The van der Waals surface area contributed by atoms with Gasteiger partial charge in [0, 0.05) is 0 Å². The summed E-state index contributed by atoms with van der Waals surface area (Å²) in [4.78, 5) is 0. The lowest BCUT2D eigenvalue weighted by atomic mass is 10.2. The molecule has 2 rings (SSSR count). The molecule has 0 radical (unpaired) electrons. The van der Waals surface area contributed by atoms with Crippen LogP contribution in [0.2, 0.25) is 5.02 Å².